The van der Waals surface area contributed by atoms with Gasteiger partial charge in [0.2, 0.25) is 5.91 Å². The molecule has 34 heavy (non-hydrogen) atoms. The van der Waals surface area contributed by atoms with Gasteiger partial charge < -0.3 is 14.6 Å². The molecule has 0 atom stereocenters. The Balaban J connectivity index is 1.44. The van der Waals surface area contributed by atoms with E-state index in [2.05, 4.69) is 15.0 Å². The number of nitrogens with zero attached hydrogens (tertiary/aromatic N) is 2. The van der Waals surface area contributed by atoms with Crippen LogP contribution < -0.4 is 10.0 Å². The van der Waals surface area contributed by atoms with Gasteiger partial charge in [0.1, 0.15) is 12.4 Å². The second kappa shape index (κ2) is 10.1. The highest BCUT2D eigenvalue weighted by atomic mass is 32.2. The molecule has 3 aromatic rings. The lowest BCUT2D eigenvalue weighted by atomic mass is 10.2. The molecule has 0 saturated heterocycles. The zero-order valence-corrected chi connectivity index (χ0v) is 19.6. The first-order chi connectivity index (χ1) is 16.4. The number of para-hydroxylation sites is 1. The van der Waals surface area contributed by atoms with Crippen LogP contribution in [0, 0.1) is 0 Å². The molecule has 1 aliphatic rings. The summed E-state index contributed by atoms with van der Waals surface area (Å²) in [6, 6.07) is 13.2. The fourth-order valence-corrected chi connectivity index (χ4v) is 4.98. The Morgan fingerprint density at radius 3 is 2.59 bits per heavy atom. The van der Waals surface area contributed by atoms with E-state index in [0.717, 1.165) is 24.8 Å². The third-order valence-electron chi connectivity index (χ3n) is 5.58. The largest absolute Gasteiger partial charge is 0.465 e. The second-order valence-corrected chi connectivity index (χ2v) is 9.68. The van der Waals surface area contributed by atoms with Gasteiger partial charge in [-0.05, 0) is 43.2 Å². The molecule has 0 bridgehead atoms. The van der Waals surface area contributed by atoms with Gasteiger partial charge in [-0.1, -0.05) is 24.6 Å². The highest BCUT2D eigenvalue weighted by molar-refractivity contribution is 7.90. The fourth-order valence-electron chi connectivity index (χ4n) is 3.89. The molecule has 1 aromatic heterocycles. The summed E-state index contributed by atoms with van der Waals surface area (Å²) in [6.07, 6.45) is 5.10. The average molecular weight is 483 g/mol. The number of aliphatic imine (C=N–C) groups is 1. The number of aromatic nitrogens is 1. The number of hydrogen-bond acceptors (Lipinski definition) is 6. The molecule has 1 aliphatic heterocycles. The lowest BCUT2D eigenvalue weighted by molar-refractivity contribution is -0.116. The number of esters is 1. The van der Waals surface area contributed by atoms with E-state index in [0.29, 0.717) is 35.4 Å². The van der Waals surface area contributed by atoms with Crippen LogP contribution in [0.3, 0.4) is 0 Å². The number of rotatable bonds is 6. The van der Waals surface area contributed by atoms with Crippen molar-refractivity contribution in [3.05, 3.63) is 60.3 Å². The third kappa shape index (κ3) is 5.28. The summed E-state index contributed by atoms with van der Waals surface area (Å²) in [7, 11) is -2.43. The van der Waals surface area contributed by atoms with Crippen LogP contribution >= 0.6 is 0 Å². The second-order valence-electron chi connectivity index (χ2n) is 8.00. The average Bonchev–Trinajstić information content (AvgIpc) is 2.99. The smallest absolute Gasteiger partial charge is 0.340 e. The van der Waals surface area contributed by atoms with Crippen molar-refractivity contribution in [2.24, 2.45) is 4.99 Å². The topological polar surface area (TPSA) is 119 Å². The quantitative estimate of drug-likeness (QED) is 0.523. The summed E-state index contributed by atoms with van der Waals surface area (Å²) in [4.78, 5) is 29.1. The summed E-state index contributed by atoms with van der Waals surface area (Å²) < 4.78 is 34.4. The molecule has 1 amide bonds. The maximum Gasteiger partial charge on any atom is 0.340 e. The molecule has 2 aromatic carbocycles. The van der Waals surface area contributed by atoms with Crippen molar-refractivity contribution in [2.45, 2.75) is 37.1 Å². The number of carbonyl (C=O) groups excluding carboxylic acids is 2. The third-order valence-corrected chi connectivity index (χ3v) is 6.98. The van der Waals surface area contributed by atoms with E-state index in [9.17, 15) is 18.0 Å². The van der Waals surface area contributed by atoms with Gasteiger partial charge >= 0.3 is 5.97 Å². The number of sulfonamides is 1. The Bertz CT molecular complexity index is 1340. The first-order valence-corrected chi connectivity index (χ1v) is 12.5. The standard InChI is InChI=1S/C24H26N4O5S/c1-33-24(30)20-15-28(21-8-5-4-7-19(20)21)16-23(29)26-17-10-12-18(13-11-17)34(31,32)27-22-9-3-2-6-14-25-22/h4-5,7-8,10-13,15H,2-3,6,9,14,16H2,1H3,(H,25,27)(H,26,29). The van der Waals surface area contributed by atoms with Crippen molar-refractivity contribution >= 4 is 44.3 Å². The number of fused-ring (bicyclic) bond motifs is 1. The molecule has 178 valence electrons. The van der Waals surface area contributed by atoms with Crippen LogP contribution in [0.5, 0.6) is 0 Å². The molecule has 0 unspecified atom stereocenters. The van der Waals surface area contributed by atoms with E-state index in [1.165, 1.54) is 31.4 Å². The van der Waals surface area contributed by atoms with Crippen molar-refractivity contribution in [3.8, 4) is 0 Å². The monoisotopic (exact) mass is 482 g/mol. The maximum atomic E-state index is 12.7. The lowest BCUT2D eigenvalue weighted by Crippen LogP contribution is -2.30. The van der Waals surface area contributed by atoms with Crippen LogP contribution in [-0.2, 0) is 26.1 Å². The molecular formula is C24H26N4O5S. The van der Waals surface area contributed by atoms with Gasteiger partial charge in [-0.25, -0.2) is 13.2 Å². The molecule has 0 radical (unpaired) electrons. The fraction of sp³-hybridized carbons (Fsp3) is 0.292. The van der Waals surface area contributed by atoms with Gasteiger partial charge in [-0.15, -0.1) is 0 Å². The van der Waals surface area contributed by atoms with Crippen LogP contribution in [0.25, 0.3) is 10.9 Å². The van der Waals surface area contributed by atoms with Gasteiger partial charge in [-0.2, -0.15) is 0 Å². The first-order valence-electron chi connectivity index (χ1n) is 11.0. The number of amidine groups is 1. The van der Waals surface area contributed by atoms with E-state index in [1.54, 1.807) is 16.8 Å². The number of anilines is 1. The van der Waals surface area contributed by atoms with Crippen molar-refractivity contribution < 1.29 is 22.7 Å². The van der Waals surface area contributed by atoms with Crippen LogP contribution in [0.4, 0.5) is 5.69 Å². The van der Waals surface area contributed by atoms with E-state index in [-0.39, 0.29) is 17.3 Å². The van der Waals surface area contributed by atoms with Crippen LogP contribution in [0.2, 0.25) is 0 Å². The molecule has 4 rings (SSSR count). The van der Waals surface area contributed by atoms with Crippen molar-refractivity contribution in [1.29, 1.82) is 0 Å². The number of ether oxygens (including phenoxy) is 1. The summed E-state index contributed by atoms with van der Waals surface area (Å²) in [5, 5.41) is 3.46. The van der Waals surface area contributed by atoms with E-state index in [1.807, 2.05) is 18.2 Å². The van der Waals surface area contributed by atoms with Gasteiger partial charge in [0.15, 0.2) is 0 Å². The van der Waals surface area contributed by atoms with Gasteiger partial charge in [-0.3, -0.25) is 14.5 Å². The molecule has 0 saturated carbocycles. The summed E-state index contributed by atoms with van der Waals surface area (Å²) in [5.41, 5.74) is 1.57. The number of amides is 1. The number of benzene rings is 2. The highest BCUT2D eigenvalue weighted by Crippen LogP contribution is 2.22. The van der Waals surface area contributed by atoms with Crippen LogP contribution in [0.1, 0.15) is 36.0 Å². The van der Waals surface area contributed by atoms with Crippen molar-refractivity contribution in [2.75, 3.05) is 19.0 Å². The lowest BCUT2D eigenvalue weighted by Gasteiger charge is -2.11. The number of nitrogens with one attached hydrogen (secondary N) is 2. The minimum Gasteiger partial charge on any atom is -0.465 e. The highest BCUT2D eigenvalue weighted by Gasteiger charge is 2.19. The zero-order chi connectivity index (χ0) is 24.1. The molecular weight excluding hydrogens is 456 g/mol. The normalized spacial score (nSPS) is 14.2. The number of carbonyl (C=O) groups is 2. The summed E-state index contributed by atoms with van der Waals surface area (Å²) in [6.45, 7) is 0.597. The van der Waals surface area contributed by atoms with Crippen LogP contribution in [-0.4, -0.2) is 44.4 Å². The van der Waals surface area contributed by atoms with Gasteiger partial charge in [0.05, 0.1) is 17.6 Å². The molecule has 0 aliphatic carbocycles. The molecule has 0 fully saturated rings. The Morgan fingerprint density at radius 1 is 1.06 bits per heavy atom. The van der Waals surface area contributed by atoms with Crippen molar-refractivity contribution in [1.82, 2.24) is 9.29 Å². The Hall–Kier alpha value is -3.66. The Morgan fingerprint density at radius 2 is 1.82 bits per heavy atom. The molecule has 2 N–H and O–H groups in total. The first kappa shape index (κ1) is 23.5. The zero-order valence-electron chi connectivity index (χ0n) is 18.8. The number of methoxy groups -OCH3 is 1. The van der Waals surface area contributed by atoms with E-state index >= 15 is 0 Å². The SMILES string of the molecule is COC(=O)c1cn(CC(=O)Nc2ccc(S(=O)(=O)NC3=NCCCCC3)cc2)c2ccccc12. The Kier molecular flexibility index (Phi) is 6.97. The Labute approximate surface area is 197 Å². The minimum atomic E-state index is -3.74. The minimum absolute atomic E-state index is 0.0288. The van der Waals surface area contributed by atoms with Gasteiger partial charge in [0, 0.05) is 35.8 Å². The van der Waals surface area contributed by atoms with Crippen molar-refractivity contribution in [3.63, 3.8) is 0 Å². The predicted molar refractivity (Wildman–Crippen MR) is 129 cm³/mol. The number of hydrogen-bond donors (Lipinski definition) is 2. The summed E-state index contributed by atoms with van der Waals surface area (Å²) >= 11 is 0. The molecule has 2 heterocycles. The molecule has 9 nitrogen and oxygen atoms in total. The van der Waals surface area contributed by atoms with Gasteiger partial charge in [0.25, 0.3) is 10.0 Å². The van der Waals surface area contributed by atoms with E-state index in [4.69, 9.17) is 4.74 Å². The molecule has 10 heteroatoms. The predicted octanol–water partition coefficient (Wildman–Crippen LogP) is 3.32. The van der Waals surface area contributed by atoms with Crippen LogP contribution in [0.15, 0.2) is 64.6 Å². The summed E-state index contributed by atoms with van der Waals surface area (Å²) in [5.74, 6) is -0.311. The maximum absolute atomic E-state index is 12.7. The molecule has 0 spiro atoms. The van der Waals surface area contributed by atoms with E-state index < -0.39 is 16.0 Å².